The van der Waals surface area contributed by atoms with Gasteiger partial charge in [0.2, 0.25) is 5.91 Å². The Balaban J connectivity index is 2.07. The third kappa shape index (κ3) is 3.44. The van der Waals surface area contributed by atoms with E-state index in [9.17, 15) is 4.79 Å². The molecular formula is C20H24N2O. The molecule has 1 heterocycles. The smallest absolute Gasteiger partial charge is 0.226 e. The highest BCUT2D eigenvalue weighted by Gasteiger charge is 2.36. The Morgan fingerprint density at radius 3 is 2.43 bits per heavy atom. The number of amides is 1. The molecule has 1 aromatic heterocycles. The van der Waals surface area contributed by atoms with Crippen LogP contribution >= 0.6 is 0 Å². The van der Waals surface area contributed by atoms with Crippen LogP contribution in [-0.4, -0.2) is 22.3 Å². The Hall–Kier alpha value is -2.16. The first-order chi connectivity index (χ1) is 11.1. The quantitative estimate of drug-likeness (QED) is 0.835. The molecule has 0 radical (unpaired) electrons. The standard InChI is InChI=1S/C20H24N2O/c1-4-22(20(23)16-7-8-16)19(17-6-5-9-21-13-17)18-11-14(2)10-15(3)12-18/h5-6,9-13,16,19H,4,7-8H2,1-3H3. The van der Waals surface area contributed by atoms with Gasteiger partial charge in [-0.2, -0.15) is 0 Å². The number of rotatable bonds is 5. The maximum atomic E-state index is 12.8. The third-order valence-corrected chi connectivity index (χ3v) is 4.42. The molecular weight excluding hydrogens is 284 g/mol. The van der Waals surface area contributed by atoms with E-state index in [1.165, 1.54) is 16.7 Å². The van der Waals surface area contributed by atoms with Crippen LogP contribution in [0.3, 0.4) is 0 Å². The zero-order valence-electron chi connectivity index (χ0n) is 14.1. The monoisotopic (exact) mass is 308 g/mol. The number of pyridine rings is 1. The van der Waals surface area contributed by atoms with Crippen molar-refractivity contribution in [2.45, 2.75) is 39.7 Å². The Bertz CT molecular complexity index is 672. The van der Waals surface area contributed by atoms with E-state index in [4.69, 9.17) is 0 Å². The number of hydrogen-bond acceptors (Lipinski definition) is 2. The fraction of sp³-hybridized carbons (Fsp3) is 0.400. The molecule has 2 aromatic rings. The molecule has 0 bridgehead atoms. The highest BCUT2D eigenvalue weighted by molar-refractivity contribution is 5.82. The summed E-state index contributed by atoms with van der Waals surface area (Å²) < 4.78 is 0. The Morgan fingerprint density at radius 2 is 1.91 bits per heavy atom. The van der Waals surface area contributed by atoms with Gasteiger partial charge in [-0.15, -0.1) is 0 Å². The minimum absolute atomic E-state index is 0.0552. The van der Waals surface area contributed by atoms with Gasteiger partial charge in [-0.05, 0) is 50.8 Å². The first kappa shape index (κ1) is 15.7. The predicted octanol–water partition coefficient (Wildman–Crippen LogP) is 4.05. The van der Waals surface area contributed by atoms with Gasteiger partial charge in [-0.1, -0.05) is 35.4 Å². The summed E-state index contributed by atoms with van der Waals surface area (Å²) in [7, 11) is 0. The van der Waals surface area contributed by atoms with Crippen molar-refractivity contribution < 1.29 is 4.79 Å². The van der Waals surface area contributed by atoms with Crippen molar-refractivity contribution in [3.05, 3.63) is 65.0 Å². The number of benzene rings is 1. The molecule has 1 unspecified atom stereocenters. The number of carbonyl (C=O) groups is 1. The second-order valence-electron chi connectivity index (χ2n) is 6.51. The molecule has 1 atom stereocenters. The number of hydrogen-bond donors (Lipinski definition) is 0. The number of nitrogens with zero attached hydrogens (tertiary/aromatic N) is 2. The van der Waals surface area contributed by atoms with Crippen molar-refractivity contribution in [1.29, 1.82) is 0 Å². The molecule has 120 valence electrons. The van der Waals surface area contributed by atoms with E-state index in [-0.39, 0.29) is 17.9 Å². The molecule has 23 heavy (non-hydrogen) atoms. The minimum atomic E-state index is -0.0552. The molecule has 0 saturated heterocycles. The average molecular weight is 308 g/mol. The third-order valence-electron chi connectivity index (χ3n) is 4.42. The lowest BCUT2D eigenvalue weighted by molar-refractivity contribution is -0.134. The van der Waals surface area contributed by atoms with Crippen LogP contribution in [0, 0.1) is 19.8 Å². The highest BCUT2D eigenvalue weighted by atomic mass is 16.2. The van der Waals surface area contributed by atoms with Crippen molar-refractivity contribution >= 4 is 5.91 Å². The predicted molar refractivity (Wildman–Crippen MR) is 92.1 cm³/mol. The van der Waals surface area contributed by atoms with Crippen LogP contribution in [0.15, 0.2) is 42.7 Å². The maximum absolute atomic E-state index is 12.8. The molecule has 1 saturated carbocycles. The van der Waals surface area contributed by atoms with E-state index in [2.05, 4.69) is 50.0 Å². The van der Waals surface area contributed by atoms with Crippen molar-refractivity contribution in [3.63, 3.8) is 0 Å². The summed E-state index contributed by atoms with van der Waals surface area (Å²) in [6.45, 7) is 6.99. The van der Waals surface area contributed by atoms with Crippen LogP contribution in [0.4, 0.5) is 0 Å². The molecule has 3 nitrogen and oxygen atoms in total. The van der Waals surface area contributed by atoms with Gasteiger partial charge in [0.25, 0.3) is 0 Å². The van der Waals surface area contributed by atoms with E-state index in [0.29, 0.717) is 6.54 Å². The van der Waals surface area contributed by atoms with Crippen LogP contribution < -0.4 is 0 Å². The molecule has 1 amide bonds. The largest absolute Gasteiger partial charge is 0.332 e. The zero-order chi connectivity index (χ0) is 16.4. The van der Waals surface area contributed by atoms with Gasteiger partial charge in [0.15, 0.2) is 0 Å². The van der Waals surface area contributed by atoms with Crippen molar-refractivity contribution in [1.82, 2.24) is 9.88 Å². The number of aryl methyl sites for hydroxylation is 2. The number of carbonyl (C=O) groups excluding carboxylic acids is 1. The average Bonchev–Trinajstić information content (AvgIpc) is 3.36. The number of aromatic nitrogens is 1. The molecule has 1 aromatic carbocycles. The van der Waals surface area contributed by atoms with Crippen molar-refractivity contribution in [2.24, 2.45) is 5.92 Å². The first-order valence-electron chi connectivity index (χ1n) is 8.38. The van der Waals surface area contributed by atoms with Crippen molar-refractivity contribution in [2.75, 3.05) is 6.54 Å². The highest BCUT2D eigenvalue weighted by Crippen LogP contribution is 2.36. The zero-order valence-corrected chi connectivity index (χ0v) is 14.1. The summed E-state index contributed by atoms with van der Waals surface area (Å²) in [6, 6.07) is 10.5. The van der Waals surface area contributed by atoms with E-state index >= 15 is 0 Å². The van der Waals surface area contributed by atoms with Gasteiger partial charge in [0, 0.05) is 24.9 Å². The van der Waals surface area contributed by atoms with Gasteiger partial charge in [-0.3, -0.25) is 9.78 Å². The first-order valence-corrected chi connectivity index (χ1v) is 8.38. The Kier molecular flexibility index (Phi) is 4.46. The van der Waals surface area contributed by atoms with Gasteiger partial charge >= 0.3 is 0 Å². The summed E-state index contributed by atoms with van der Waals surface area (Å²) >= 11 is 0. The summed E-state index contributed by atoms with van der Waals surface area (Å²) in [5.41, 5.74) is 4.70. The molecule has 1 aliphatic rings. The van der Waals surface area contributed by atoms with E-state index in [0.717, 1.165) is 18.4 Å². The fourth-order valence-electron chi connectivity index (χ4n) is 3.29. The van der Waals surface area contributed by atoms with Crippen LogP contribution in [0.2, 0.25) is 0 Å². The SMILES string of the molecule is CCN(C(=O)C1CC1)C(c1cccnc1)c1cc(C)cc(C)c1. The summed E-state index contributed by atoms with van der Waals surface area (Å²) in [4.78, 5) is 19.1. The fourth-order valence-corrected chi connectivity index (χ4v) is 3.29. The van der Waals surface area contributed by atoms with Crippen LogP contribution in [0.25, 0.3) is 0 Å². The van der Waals surface area contributed by atoms with E-state index < -0.39 is 0 Å². The van der Waals surface area contributed by atoms with Crippen LogP contribution in [-0.2, 0) is 4.79 Å². The normalized spacial score (nSPS) is 15.3. The molecule has 0 aliphatic heterocycles. The maximum Gasteiger partial charge on any atom is 0.226 e. The van der Waals surface area contributed by atoms with E-state index in [1.54, 1.807) is 6.20 Å². The second kappa shape index (κ2) is 6.53. The molecule has 1 aliphatic carbocycles. The van der Waals surface area contributed by atoms with Crippen molar-refractivity contribution in [3.8, 4) is 0 Å². The summed E-state index contributed by atoms with van der Waals surface area (Å²) in [5.74, 6) is 0.500. The Labute approximate surface area is 138 Å². The molecule has 1 fully saturated rings. The topological polar surface area (TPSA) is 33.2 Å². The molecule has 0 N–H and O–H groups in total. The van der Waals surface area contributed by atoms with Gasteiger partial charge < -0.3 is 4.90 Å². The molecule has 3 rings (SSSR count). The van der Waals surface area contributed by atoms with E-state index in [1.807, 2.05) is 17.2 Å². The van der Waals surface area contributed by atoms with Gasteiger partial charge in [0.1, 0.15) is 0 Å². The lowest BCUT2D eigenvalue weighted by atomic mass is 9.95. The van der Waals surface area contributed by atoms with Gasteiger partial charge in [0.05, 0.1) is 6.04 Å². The Morgan fingerprint density at radius 1 is 1.22 bits per heavy atom. The van der Waals surface area contributed by atoms with Crippen LogP contribution in [0.5, 0.6) is 0 Å². The molecule has 3 heteroatoms. The minimum Gasteiger partial charge on any atom is -0.332 e. The van der Waals surface area contributed by atoms with Gasteiger partial charge in [-0.25, -0.2) is 0 Å². The second-order valence-corrected chi connectivity index (χ2v) is 6.51. The lowest BCUT2D eigenvalue weighted by Gasteiger charge is -2.32. The lowest BCUT2D eigenvalue weighted by Crippen LogP contribution is -2.36. The summed E-state index contributed by atoms with van der Waals surface area (Å²) in [6.07, 6.45) is 5.72. The summed E-state index contributed by atoms with van der Waals surface area (Å²) in [5, 5.41) is 0. The van der Waals surface area contributed by atoms with Crippen LogP contribution in [0.1, 0.15) is 48.1 Å². The molecule has 0 spiro atoms.